The van der Waals surface area contributed by atoms with Gasteiger partial charge < -0.3 is 12.4 Å². The average Bonchev–Trinajstić information content (AvgIpc) is 2.97. The minimum Gasteiger partial charge on any atom is -1.00 e. The smallest absolute Gasteiger partial charge is 0.600 e. The predicted octanol–water partition coefficient (Wildman–Crippen LogP) is 2.60. The lowest BCUT2D eigenvalue weighted by atomic mass is 10.2. The maximum Gasteiger partial charge on any atom is 0.600 e. The van der Waals surface area contributed by atoms with E-state index in [2.05, 4.69) is 0 Å². The van der Waals surface area contributed by atoms with Crippen LogP contribution >= 0.6 is 22.1 Å². The van der Waals surface area contributed by atoms with E-state index in [1.165, 1.54) is 6.07 Å². The summed E-state index contributed by atoms with van der Waals surface area (Å²) < 4.78 is 39.8. The first-order chi connectivity index (χ1) is 7.97. The fourth-order valence-corrected chi connectivity index (χ4v) is 4.48. The van der Waals surface area contributed by atoms with Gasteiger partial charge in [0.05, 0.1) is 10.5 Å². The van der Waals surface area contributed by atoms with Crippen LogP contribution < -0.4 is 12.4 Å². The van der Waals surface area contributed by atoms with Crippen LogP contribution in [0.5, 0.6) is 0 Å². The number of benzene rings is 1. The van der Waals surface area contributed by atoms with Gasteiger partial charge in [-0.15, -0.1) is 13.2 Å². The molecule has 98 valence electrons. The standard InChI is InChI=1S/C12H9ClF3S.ClH/c13-9-4-3-8-5-10(7-1-2-7)17(11(8)6-9)12(14,15)16;/h3-7H,1-2H2;1H/q+1;/p-1. The van der Waals surface area contributed by atoms with Gasteiger partial charge in [0.25, 0.3) is 0 Å². The van der Waals surface area contributed by atoms with E-state index in [1.807, 2.05) is 0 Å². The second-order valence-corrected chi connectivity index (χ2v) is 6.68. The van der Waals surface area contributed by atoms with Gasteiger partial charge in [0, 0.05) is 28.5 Å². The molecule has 0 bridgehead atoms. The third kappa shape index (κ3) is 2.33. The normalized spacial score (nSPS) is 16.8. The van der Waals surface area contributed by atoms with Crippen molar-refractivity contribution in [2.75, 3.05) is 0 Å². The van der Waals surface area contributed by atoms with Crippen LogP contribution in [0.2, 0.25) is 5.02 Å². The van der Waals surface area contributed by atoms with Crippen LogP contribution in [0.4, 0.5) is 13.2 Å². The molecule has 6 heteroatoms. The van der Waals surface area contributed by atoms with Crippen molar-refractivity contribution in [1.82, 2.24) is 0 Å². The molecule has 0 aliphatic heterocycles. The lowest BCUT2D eigenvalue weighted by Gasteiger charge is -1.98. The molecule has 0 saturated heterocycles. The number of hydrogen-bond donors (Lipinski definition) is 0. The molecule has 1 atom stereocenters. The first-order valence-electron chi connectivity index (χ1n) is 5.29. The highest BCUT2D eigenvalue weighted by atomic mass is 35.5. The molecule has 2 aromatic rings. The van der Waals surface area contributed by atoms with E-state index in [9.17, 15) is 13.2 Å². The first kappa shape index (κ1) is 14.0. The molecule has 1 aliphatic carbocycles. The molecule has 0 nitrogen and oxygen atoms in total. The van der Waals surface area contributed by atoms with E-state index in [0.717, 1.165) is 12.8 Å². The molecule has 1 unspecified atom stereocenters. The number of fused-ring (bicyclic) bond motifs is 1. The van der Waals surface area contributed by atoms with Crippen LogP contribution in [0.25, 0.3) is 10.1 Å². The van der Waals surface area contributed by atoms with Crippen LogP contribution in [-0.2, 0) is 5.51 Å². The number of halogens is 5. The van der Waals surface area contributed by atoms with Crippen LogP contribution in [-0.4, -0.2) is 0 Å². The van der Waals surface area contributed by atoms with Crippen LogP contribution in [0, 0.1) is 0 Å². The Morgan fingerprint density at radius 3 is 2.39 bits per heavy atom. The summed E-state index contributed by atoms with van der Waals surface area (Å²) in [4.78, 5) is 0.551. The van der Waals surface area contributed by atoms with Crippen molar-refractivity contribution in [2.24, 2.45) is 0 Å². The summed E-state index contributed by atoms with van der Waals surface area (Å²) in [5.41, 5.74) is -4.19. The first-order valence-corrected chi connectivity index (χ1v) is 6.89. The number of rotatable bonds is 1. The molecule has 1 aromatic carbocycles. The lowest BCUT2D eigenvalue weighted by Crippen LogP contribution is -3.00. The van der Waals surface area contributed by atoms with E-state index in [1.54, 1.807) is 18.2 Å². The van der Waals surface area contributed by atoms with E-state index < -0.39 is 16.0 Å². The molecule has 0 amide bonds. The Hall–Kier alpha value is -0.450. The summed E-state index contributed by atoms with van der Waals surface area (Å²) in [7, 11) is -1.76. The predicted molar refractivity (Wildman–Crippen MR) is 64.7 cm³/mol. The Bertz CT molecular complexity index is 585. The molecule has 18 heavy (non-hydrogen) atoms. The highest BCUT2D eigenvalue weighted by molar-refractivity contribution is 7.38. The van der Waals surface area contributed by atoms with Crippen LogP contribution in [0.15, 0.2) is 24.3 Å². The zero-order valence-corrected chi connectivity index (χ0v) is 11.4. The monoisotopic (exact) mass is 312 g/mol. The van der Waals surface area contributed by atoms with Crippen molar-refractivity contribution in [3.8, 4) is 0 Å². The summed E-state index contributed by atoms with van der Waals surface area (Å²) in [5.74, 6) is 0.131. The van der Waals surface area contributed by atoms with E-state index in [0.29, 0.717) is 20.0 Å². The number of alkyl halides is 3. The molecule has 0 spiro atoms. The summed E-state index contributed by atoms with van der Waals surface area (Å²) in [5, 5.41) is 1.05. The Morgan fingerprint density at radius 2 is 1.83 bits per heavy atom. The van der Waals surface area contributed by atoms with E-state index >= 15 is 0 Å². The Labute approximate surface area is 116 Å². The van der Waals surface area contributed by atoms with E-state index in [4.69, 9.17) is 11.6 Å². The average molecular weight is 313 g/mol. The Kier molecular flexibility index (Phi) is 3.56. The fourth-order valence-electron chi connectivity index (χ4n) is 2.05. The van der Waals surface area contributed by atoms with Crippen LogP contribution in [0.1, 0.15) is 23.6 Å². The van der Waals surface area contributed by atoms with Gasteiger partial charge in [-0.1, -0.05) is 11.6 Å². The molecule has 0 N–H and O–H groups in total. The fraction of sp³-hybridized carbons (Fsp3) is 0.333. The maximum atomic E-state index is 13.1. The summed E-state index contributed by atoms with van der Waals surface area (Å²) >= 11 is 5.80. The van der Waals surface area contributed by atoms with Crippen molar-refractivity contribution in [2.45, 2.75) is 24.3 Å². The lowest BCUT2D eigenvalue weighted by molar-refractivity contribution is -0.0867. The molecular weight excluding hydrogens is 304 g/mol. The van der Waals surface area contributed by atoms with Gasteiger partial charge in [0.1, 0.15) is 0 Å². The van der Waals surface area contributed by atoms with Crippen LogP contribution in [0.3, 0.4) is 0 Å². The van der Waals surface area contributed by atoms with Gasteiger partial charge in [0.15, 0.2) is 9.58 Å². The topological polar surface area (TPSA) is 0 Å². The van der Waals surface area contributed by atoms with Gasteiger partial charge in [-0.05, 0) is 25.0 Å². The van der Waals surface area contributed by atoms with Crippen molar-refractivity contribution >= 4 is 32.2 Å². The molecule has 1 saturated carbocycles. The minimum absolute atomic E-state index is 0. The van der Waals surface area contributed by atoms with Crippen molar-refractivity contribution in [3.05, 3.63) is 34.2 Å². The minimum atomic E-state index is -4.19. The van der Waals surface area contributed by atoms with Crippen molar-refractivity contribution in [3.63, 3.8) is 0 Å². The number of thiophene rings is 1. The largest absolute Gasteiger partial charge is 1.00 e. The molecular formula is C12H9Cl2F3S. The zero-order chi connectivity index (χ0) is 12.2. The third-order valence-corrected chi connectivity index (χ3v) is 5.35. The third-order valence-electron chi connectivity index (χ3n) is 2.94. The number of hydrogen-bond acceptors (Lipinski definition) is 0. The molecule has 3 rings (SSSR count). The highest BCUT2D eigenvalue weighted by Gasteiger charge is 2.51. The van der Waals surface area contributed by atoms with E-state index in [-0.39, 0.29) is 18.3 Å². The zero-order valence-electron chi connectivity index (χ0n) is 9.10. The molecule has 1 fully saturated rings. The Morgan fingerprint density at radius 1 is 1.17 bits per heavy atom. The molecule has 1 aromatic heterocycles. The van der Waals surface area contributed by atoms with Gasteiger partial charge in [-0.2, -0.15) is 0 Å². The molecule has 1 heterocycles. The summed E-state index contributed by atoms with van der Waals surface area (Å²) in [6, 6.07) is 6.49. The SMILES string of the molecule is FC(F)(F)[s+]1c(C2CC2)cc2ccc(Cl)cc21.[Cl-]. The van der Waals surface area contributed by atoms with Gasteiger partial charge >= 0.3 is 5.51 Å². The van der Waals surface area contributed by atoms with Gasteiger partial charge in [-0.25, -0.2) is 0 Å². The summed E-state index contributed by atoms with van der Waals surface area (Å²) in [6.07, 6.45) is 1.76. The van der Waals surface area contributed by atoms with Gasteiger partial charge in [-0.3, -0.25) is 0 Å². The van der Waals surface area contributed by atoms with Crippen molar-refractivity contribution in [1.29, 1.82) is 0 Å². The van der Waals surface area contributed by atoms with Gasteiger partial charge in [0.2, 0.25) is 0 Å². The Balaban J connectivity index is 0.00000120. The van der Waals surface area contributed by atoms with Crippen molar-refractivity contribution < 1.29 is 25.6 Å². The highest BCUT2D eigenvalue weighted by Crippen LogP contribution is 2.57. The molecule has 0 radical (unpaired) electrons. The maximum absolute atomic E-state index is 13.1. The quantitative estimate of drug-likeness (QED) is 0.710. The summed E-state index contributed by atoms with van der Waals surface area (Å²) in [6.45, 7) is 0. The second kappa shape index (κ2) is 4.58. The second-order valence-electron chi connectivity index (χ2n) is 4.26. The molecule has 1 aliphatic rings.